The molecule has 1 saturated heterocycles. The minimum atomic E-state index is -0.0164. The standard InChI is InChI=1S/C22H27ClN2O/c1-17-11-14-25(15-12-17)16-19-2-6-20(7-3-19)22(26)24-13-10-18-4-8-21(23)9-5-18/h2-9,17H,10-16H2,1H3,(H,24,26). The number of likely N-dealkylation sites (tertiary alicyclic amines) is 1. The van der Waals surface area contributed by atoms with Crippen LogP contribution in [0.2, 0.25) is 5.02 Å². The van der Waals surface area contributed by atoms with E-state index in [1.165, 1.54) is 37.1 Å². The lowest BCUT2D eigenvalue weighted by atomic mass is 9.99. The lowest BCUT2D eigenvalue weighted by Gasteiger charge is -2.30. The van der Waals surface area contributed by atoms with Gasteiger partial charge in [0.05, 0.1) is 0 Å². The van der Waals surface area contributed by atoms with Crippen LogP contribution in [0.4, 0.5) is 0 Å². The first-order valence-corrected chi connectivity index (χ1v) is 9.82. The quantitative estimate of drug-likeness (QED) is 0.809. The number of carbonyl (C=O) groups excluding carboxylic acids is 1. The molecular formula is C22H27ClN2O. The van der Waals surface area contributed by atoms with Gasteiger partial charge in [-0.2, -0.15) is 0 Å². The van der Waals surface area contributed by atoms with Crippen molar-refractivity contribution in [3.8, 4) is 0 Å². The molecule has 0 unspecified atom stereocenters. The van der Waals surface area contributed by atoms with Crippen LogP contribution < -0.4 is 5.32 Å². The van der Waals surface area contributed by atoms with Crippen molar-refractivity contribution < 1.29 is 4.79 Å². The van der Waals surface area contributed by atoms with E-state index in [1.807, 2.05) is 36.4 Å². The average Bonchev–Trinajstić information content (AvgIpc) is 2.66. The molecule has 138 valence electrons. The zero-order valence-corrected chi connectivity index (χ0v) is 16.1. The number of benzene rings is 2. The zero-order chi connectivity index (χ0) is 18.4. The molecule has 2 aromatic rings. The van der Waals surface area contributed by atoms with E-state index < -0.39 is 0 Å². The number of piperidine rings is 1. The molecule has 1 heterocycles. The highest BCUT2D eigenvalue weighted by Gasteiger charge is 2.15. The van der Waals surface area contributed by atoms with E-state index in [4.69, 9.17) is 11.6 Å². The van der Waals surface area contributed by atoms with Gasteiger partial charge >= 0.3 is 0 Å². The van der Waals surface area contributed by atoms with Gasteiger partial charge in [-0.1, -0.05) is 42.8 Å². The molecular weight excluding hydrogens is 344 g/mol. The van der Waals surface area contributed by atoms with Crippen molar-refractivity contribution in [1.82, 2.24) is 10.2 Å². The lowest BCUT2D eigenvalue weighted by Crippen LogP contribution is -2.32. The van der Waals surface area contributed by atoms with Crippen LogP contribution in [-0.4, -0.2) is 30.4 Å². The predicted octanol–water partition coefficient (Wildman–Crippen LogP) is 4.54. The largest absolute Gasteiger partial charge is 0.352 e. The molecule has 26 heavy (non-hydrogen) atoms. The number of carbonyl (C=O) groups is 1. The first-order chi connectivity index (χ1) is 12.6. The normalized spacial score (nSPS) is 15.8. The number of nitrogens with one attached hydrogen (secondary N) is 1. The highest BCUT2D eigenvalue weighted by atomic mass is 35.5. The first kappa shape index (κ1) is 18.9. The molecule has 0 spiro atoms. The van der Waals surface area contributed by atoms with Gasteiger partial charge in [0.25, 0.3) is 5.91 Å². The van der Waals surface area contributed by atoms with Gasteiger partial charge in [0.15, 0.2) is 0 Å². The van der Waals surface area contributed by atoms with E-state index >= 15 is 0 Å². The molecule has 1 aliphatic rings. The molecule has 2 aromatic carbocycles. The summed E-state index contributed by atoms with van der Waals surface area (Å²) in [5.41, 5.74) is 3.16. The van der Waals surface area contributed by atoms with Gasteiger partial charge in [-0.25, -0.2) is 0 Å². The van der Waals surface area contributed by atoms with E-state index in [9.17, 15) is 4.79 Å². The summed E-state index contributed by atoms with van der Waals surface area (Å²) in [5, 5.41) is 3.72. The van der Waals surface area contributed by atoms with E-state index in [1.54, 1.807) is 0 Å². The van der Waals surface area contributed by atoms with Crippen molar-refractivity contribution in [3.63, 3.8) is 0 Å². The van der Waals surface area contributed by atoms with Crippen LogP contribution in [0.1, 0.15) is 41.3 Å². The second kappa shape index (κ2) is 9.20. The summed E-state index contributed by atoms with van der Waals surface area (Å²) in [4.78, 5) is 14.8. The van der Waals surface area contributed by atoms with Crippen LogP contribution in [0.3, 0.4) is 0 Å². The average molecular weight is 371 g/mol. The zero-order valence-electron chi connectivity index (χ0n) is 15.4. The topological polar surface area (TPSA) is 32.3 Å². The molecule has 3 rings (SSSR count). The van der Waals surface area contributed by atoms with Gasteiger partial charge in [0.2, 0.25) is 0 Å². The van der Waals surface area contributed by atoms with Crippen LogP contribution in [0.25, 0.3) is 0 Å². The second-order valence-corrected chi connectivity index (χ2v) is 7.72. The fourth-order valence-electron chi connectivity index (χ4n) is 3.31. The van der Waals surface area contributed by atoms with Crippen molar-refractivity contribution in [1.29, 1.82) is 0 Å². The van der Waals surface area contributed by atoms with Crippen LogP contribution >= 0.6 is 11.6 Å². The Morgan fingerprint density at radius 3 is 2.31 bits per heavy atom. The van der Waals surface area contributed by atoms with E-state index in [0.717, 1.165) is 29.5 Å². The fraction of sp³-hybridized carbons (Fsp3) is 0.409. The van der Waals surface area contributed by atoms with Crippen molar-refractivity contribution in [2.24, 2.45) is 5.92 Å². The van der Waals surface area contributed by atoms with Crippen molar-refractivity contribution in [3.05, 3.63) is 70.2 Å². The van der Waals surface area contributed by atoms with Gasteiger partial charge in [-0.05, 0) is 73.7 Å². The molecule has 0 aliphatic carbocycles. The number of amides is 1. The Balaban J connectivity index is 1.45. The van der Waals surface area contributed by atoms with Crippen LogP contribution in [0, 0.1) is 5.92 Å². The number of rotatable bonds is 6. The fourth-order valence-corrected chi connectivity index (χ4v) is 3.44. The van der Waals surface area contributed by atoms with Crippen molar-refractivity contribution in [2.75, 3.05) is 19.6 Å². The molecule has 0 aromatic heterocycles. The SMILES string of the molecule is CC1CCN(Cc2ccc(C(=O)NCCc3ccc(Cl)cc3)cc2)CC1. The van der Waals surface area contributed by atoms with Crippen LogP contribution in [-0.2, 0) is 13.0 Å². The van der Waals surface area contributed by atoms with Gasteiger partial charge in [0.1, 0.15) is 0 Å². The highest BCUT2D eigenvalue weighted by Crippen LogP contribution is 2.18. The van der Waals surface area contributed by atoms with Gasteiger partial charge < -0.3 is 5.32 Å². The Morgan fingerprint density at radius 2 is 1.65 bits per heavy atom. The van der Waals surface area contributed by atoms with Crippen molar-refractivity contribution in [2.45, 2.75) is 32.7 Å². The summed E-state index contributed by atoms with van der Waals surface area (Å²) in [5.74, 6) is 0.836. The minimum absolute atomic E-state index is 0.0164. The third-order valence-corrected chi connectivity index (χ3v) is 5.36. The lowest BCUT2D eigenvalue weighted by molar-refractivity contribution is 0.0954. The Hall–Kier alpha value is -1.84. The Morgan fingerprint density at radius 1 is 1.04 bits per heavy atom. The first-order valence-electron chi connectivity index (χ1n) is 9.44. The Labute approximate surface area is 161 Å². The van der Waals surface area contributed by atoms with Crippen molar-refractivity contribution >= 4 is 17.5 Å². The van der Waals surface area contributed by atoms with Gasteiger partial charge in [-0.15, -0.1) is 0 Å². The molecule has 1 N–H and O–H groups in total. The maximum atomic E-state index is 12.3. The second-order valence-electron chi connectivity index (χ2n) is 7.29. The third-order valence-electron chi connectivity index (χ3n) is 5.11. The maximum absolute atomic E-state index is 12.3. The molecule has 1 amide bonds. The van der Waals surface area contributed by atoms with E-state index in [0.29, 0.717) is 6.54 Å². The highest BCUT2D eigenvalue weighted by molar-refractivity contribution is 6.30. The third kappa shape index (κ3) is 5.58. The summed E-state index contributed by atoms with van der Waals surface area (Å²) >= 11 is 5.88. The van der Waals surface area contributed by atoms with Crippen LogP contribution in [0.15, 0.2) is 48.5 Å². The molecule has 4 heteroatoms. The Bertz CT molecular complexity index is 704. The molecule has 1 fully saturated rings. The number of hydrogen-bond acceptors (Lipinski definition) is 2. The maximum Gasteiger partial charge on any atom is 0.251 e. The molecule has 0 bridgehead atoms. The summed E-state index contributed by atoms with van der Waals surface area (Å²) < 4.78 is 0. The number of nitrogens with zero attached hydrogens (tertiary/aromatic N) is 1. The number of hydrogen-bond donors (Lipinski definition) is 1. The number of halogens is 1. The van der Waals surface area contributed by atoms with E-state index in [-0.39, 0.29) is 5.91 Å². The van der Waals surface area contributed by atoms with Gasteiger partial charge in [-0.3, -0.25) is 9.69 Å². The monoisotopic (exact) mass is 370 g/mol. The predicted molar refractivity (Wildman–Crippen MR) is 108 cm³/mol. The molecule has 0 atom stereocenters. The van der Waals surface area contributed by atoms with Crippen LogP contribution in [0.5, 0.6) is 0 Å². The summed E-state index contributed by atoms with van der Waals surface area (Å²) in [6.45, 7) is 6.28. The molecule has 0 saturated carbocycles. The summed E-state index contributed by atoms with van der Waals surface area (Å²) in [6.07, 6.45) is 3.37. The Kier molecular flexibility index (Phi) is 6.70. The summed E-state index contributed by atoms with van der Waals surface area (Å²) in [6, 6.07) is 15.7. The van der Waals surface area contributed by atoms with E-state index in [2.05, 4.69) is 29.3 Å². The summed E-state index contributed by atoms with van der Waals surface area (Å²) in [7, 11) is 0. The smallest absolute Gasteiger partial charge is 0.251 e. The molecule has 1 aliphatic heterocycles. The minimum Gasteiger partial charge on any atom is -0.352 e. The molecule has 0 radical (unpaired) electrons. The molecule has 3 nitrogen and oxygen atoms in total. The van der Waals surface area contributed by atoms with Gasteiger partial charge in [0, 0.05) is 23.7 Å².